The van der Waals surface area contributed by atoms with E-state index in [1.165, 1.54) is 21.4 Å². The lowest BCUT2D eigenvalue weighted by Crippen LogP contribution is -2.38. The number of carboxylic acid groups (broad SMARTS) is 1. The van der Waals surface area contributed by atoms with E-state index in [1.54, 1.807) is 0 Å². The number of morpholine rings is 1. The molecule has 1 aromatic carbocycles. The van der Waals surface area contributed by atoms with Crippen LogP contribution in [0.1, 0.15) is 24.3 Å². The van der Waals surface area contributed by atoms with Crippen LogP contribution in [0.3, 0.4) is 0 Å². The molecule has 2 fully saturated rings. The molecular weight excluding hydrogens is 330 g/mol. The third-order valence-corrected chi connectivity index (χ3v) is 5.79. The summed E-state index contributed by atoms with van der Waals surface area (Å²) in [5.41, 5.74) is 2.67. The second-order valence-electron chi connectivity index (χ2n) is 7.29. The van der Waals surface area contributed by atoms with Gasteiger partial charge in [-0.2, -0.15) is 0 Å². The fraction of sp³-hybridized carbons (Fsp3) is 0.550. The molecule has 2 aromatic rings. The maximum atomic E-state index is 11.2. The van der Waals surface area contributed by atoms with Crippen molar-refractivity contribution in [1.29, 1.82) is 0 Å². The lowest BCUT2D eigenvalue weighted by atomic mass is 9.89. The first-order valence-electron chi connectivity index (χ1n) is 9.58. The van der Waals surface area contributed by atoms with Crippen LogP contribution in [0.15, 0.2) is 30.5 Å². The van der Waals surface area contributed by atoms with Crippen molar-refractivity contribution < 1.29 is 14.6 Å². The molecule has 1 amide bonds. The fourth-order valence-corrected chi connectivity index (χ4v) is 4.24. The predicted molar refractivity (Wildman–Crippen MR) is 101 cm³/mol. The smallest absolute Gasteiger partial charge is 0.407 e. The molecule has 6 heteroatoms. The van der Waals surface area contributed by atoms with E-state index in [2.05, 4.69) is 39.9 Å². The molecular formula is C20H27N3O3. The van der Waals surface area contributed by atoms with Crippen LogP contribution in [-0.2, 0) is 11.3 Å². The predicted octanol–water partition coefficient (Wildman–Crippen LogP) is 2.83. The molecule has 26 heavy (non-hydrogen) atoms. The van der Waals surface area contributed by atoms with Crippen LogP contribution >= 0.6 is 0 Å². The molecule has 0 bridgehead atoms. The average molecular weight is 357 g/mol. The summed E-state index contributed by atoms with van der Waals surface area (Å²) in [5, 5.41) is 10.5. The van der Waals surface area contributed by atoms with Crippen molar-refractivity contribution in [3.63, 3.8) is 0 Å². The summed E-state index contributed by atoms with van der Waals surface area (Å²) in [7, 11) is 0. The van der Waals surface area contributed by atoms with Gasteiger partial charge in [0.15, 0.2) is 0 Å². The number of ether oxygens (including phenoxy) is 1. The molecule has 1 aromatic heterocycles. The Balaban J connectivity index is 1.51. The minimum atomic E-state index is -0.795. The molecule has 1 N–H and O–H groups in total. The summed E-state index contributed by atoms with van der Waals surface area (Å²) < 4.78 is 7.82. The molecule has 0 saturated carbocycles. The van der Waals surface area contributed by atoms with Gasteiger partial charge in [-0.25, -0.2) is 4.79 Å². The van der Waals surface area contributed by atoms with E-state index >= 15 is 0 Å². The monoisotopic (exact) mass is 357 g/mol. The summed E-state index contributed by atoms with van der Waals surface area (Å²) in [6, 6.07) is 8.61. The quantitative estimate of drug-likeness (QED) is 0.914. The molecule has 0 radical (unpaired) electrons. The Kier molecular flexibility index (Phi) is 5.13. The maximum Gasteiger partial charge on any atom is 0.407 e. The van der Waals surface area contributed by atoms with Crippen LogP contribution in [0, 0.1) is 0 Å². The normalized spacial score (nSPS) is 19.9. The zero-order chi connectivity index (χ0) is 17.9. The molecule has 0 atom stereocenters. The van der Waals surface area contributed by atoms with Crippen molar-refractivity contribution in [2.45, 2.75) is 25.3 Å². The minimum absolute atomic E-state index is 0.445. The van der Waals surface area contributed by atoms with E-state index in [9.17, 15) is 9.90 Å². The lowest BCUT2D eigenvalue weighted by molar-refractivity contribution is 0.0365. The van der Waals surface area contributed by atoms with Gasteiger partial charge in [-0.3, -0.25) is 4.90 Å². The zero-order valence-corrected chi connectivity index (χ0v) is 15.1. The minimum Gasteiger partial charge on any atom is -0.465 e. The van der Waals surface area contributed by atoms with Gasteiger partial charge in [-0.15, -0.1) is 0 Å². The first-order chi connectivity index (χ1) is 12.7. The highest BCUT2D eigenvalue weighted by Gasteiger charge is 2.25. The molecule has 0 unspecified atom stereocenters. The Bertz CT molecular complexity index is 759. The first kappa shape index (κ1) is 17.4. The van der Waals surface area contributed by atoms with Crippen LogP contribution in [0.4, 0.5) is 4.79 Å². The van der Waals surface area contributed by atoms with Crippen LogP contribution < -0.4 is 0 Å². The summed E-state index contributed by atoms with van der Waals surface area (Å²) in [6.45, 7) is 6.98. The van der Waals surface area contributed by atoms with Crippen LogP contribution in [0.2, 0.25) is 0 Å². The Hall–Kier alpha value is -2.05. The van der Waals surface area contributed by atoms with Gasteiger partial charge in [-0.1, -0.05) is 18.2 Å². The largest absolute Gasteiger partial charge is 0.465 e. The number of amides is 1. The second kappa shape index (κ2) is 7.68. The van der Waals surface area contributed by atoms with Crippen molar-refractivity contribution in [2.24, 2.45) is 0 Å². The summed E-state index contributed by atoms with van der Waals surface area (Å²) in [5.74, 6) is 0.445. The average Bonchev–Trinajstić information content (AvgIpc) is 3.06. The van der Waals surface area contributed by atoms with Crippen LogP contribution in [-0.4, -0.2) is 71.5 Å². The number of likely N-dealkylation sites (tertiary alicyclic amines) is 1. The van der Waals surface area contributed by atoms with E-state index < -0.39 is 6.09 Å². The number of aromatic nitrogens is 1. The van der Waals surface area contributed by atoms with Crippen molar-refractivity contribution >= 4 is 17.0 Å². The maximum absolute atomic E-state index is 11.2. The molecule has 140 valence electrons. The number of fused-ring (bicyclic) bond motifs is 1. The summed E-state index contributed by atoms with van der Waals surface area (Å²) >= 11 is 0. The van der Waals surface area contributed by atoms with Gasteiger partial charge in [0.2, 0.25) is 0 Å². The van der Waals surface area contributed by atoms with E-state index in [-0.39, 0.29) is 0 Å². The second-order valence-corrected chi connectivity index (χ2v) is 7.29. The molecule has 0 aliphatic carbocycles. The lowest BCUT2D eigenvalue weighted by Gasteiger charge is -2.29. The van der Waals surface area contributed by atoms with E-state index in [1.807, 2.05) is 0 Å². The van der Waals surface area contributed by atoms with E-state index in [0.29, 0.717) is 19.0 Å². The number of hydrogen-bond acceptors (Lipinski definition) is 3. The van der Waals surface area contributed by atoms with Crippen molar-refractivity contribution in [2.75, 3.05) is 45.9 Å². The molecule has 2 saturated heterocycles. The van der Waals surface area contributed by atoms with Crippen molar-refractivity contribution in [1.82, 2.24) is 14.4 Å². The molecule has 2 aliphatic heterocycles. The molecule has 6 nitrogen and oxygen atoms in total. The number of rotatable bonds is 4. The Morgan fingerprint density at radius 1 is 1.08 bits per heavy atom. The Labute approximate surface area is 153 Å². The highest BCUT2D eigenvalue weighted by molar-refractivity contribution is 5.84. The van der Waals surface area contributed by atoms with Gasteiger partial charge in [0.1, 0.15) is 0 Å². The van der Waals surface area contributed by atoms with Crippen LogP contribution in [0.25, 0.3) is 10.9 Å². The van der Waals surface area contributed by atoms with Crippen molar-refractivity contribution in [3.8, 4) is 0 Å². The van der Waals surface area contributed by atoms with Gasteiger partial charge < -0.3 is 19.3 Å². The van der Waals surface area contributed by atoms with Crippen LogP contribution in [0.5, 0.6) is 0 Å². The summed E-state index contributed by atoms with van der Waals surface area (Å²) in [4.78, 5) is 15.2. The summed E-state index contributed by atoms with van der Waals surface area (Å²) in [6.07, 6.45) is 3.33. The molecule has 0 spiro atoms. The Morgan fingerprint density at radius 2 is 1.81 bits per heavy atom. The van der Waals surface area contributed by atoms with Crippen molar-refractivity contribution in [3.05, 3.63) is 36.0 Å². The van der Waals surface area contributed by atoms with Gasteiger partial charge in [0.25, 0.3) is 0 Å². The highest BCUT2D eigenvalue weighted by atomic mass is 16.5. The number of benzene rings is 1. The number of piperidine rings is 1. The SMILES string of the molecule is O=C(O)N1CCC(c2cn(CCN3CCOCC3)c3ccccc23)CC1. The van der Waals surface area contributed by atoms with E-state index in [0.717, 1.165) is 52.2 Å². The zero-order valence-electron chi connectivity index (χ0n) is 15.1. The highest BCUT2D eigenvalue weighted by Crippen LogP contribution is 2.34. The van der Waals surface area contributed by atoms with Gasteiger partial charge in [0, 0.05) is 56.4 Å². The standard InChI is InChI=1S/C20H27N3O3/c24-20(25)22-7-5-16(6-8-22)18-15-23(19-4-2-1-3-17(18)19)10-9-21-11-13-26-14-12-21/h1-4,15-16H,5-14H2,(H,24,25). The third kappa shape index (κ3) is 3.57. The van der Waals surface area contributed by atoms with Gasteiger partial charge >= 0.3 is 6.09 Å². The number of para-hydroxylation sites is 1. The van der Waals surface area contributed by atoms with E-state index in [4.69, 9.17) is 4.74 Å². The number of nitrogens with zero attached hydrogens (tertiary/aromatic N) is 3. The topological polar surface area (TPSA) is 57.9 Å². The number of carbonyl (C=O) groups is 1. The fourth-order valence-electron chi connectivity index (χ4n) is 4.24. The first-order valence-corrected chi connectivity index (χ1v) is 9.58. The molecule has 3 heterocycles. The molecule has 2 aliphatic rings. The molecule has 4 rings (SSSR count). The third-order valence-electron chi connectivity index (χ3n) is 5.79. The van der Waals surface area contributed by atoms with Gasteiger partial charge in [-0.05, 0) is 30.4 Å². The Morgan fingerprint density at radius 3 is 2.54 bits per heavy atom. The van der Waals surface area contributed by atoms with Gasteiger partial charge in [0.05, 0.1) is 13.2 Å². The number of hydrogen-bond donors (Lipinski definition) is 1.